The average molecular weight is 163 g/mol. The molecule has 1 amide bonds. The zero-order valence-corrected chi connectivity index (χ0v) is 7.80. The first-order valence-electron chi connectivity index (χ1n) is 3.22. The van der Waals surface area contributed by atoms with Crippen LogP contribution in [0.15, 0.2) is 0 Å². The summed E-state index contributed by atoms with van der Waals surface area (Å²) in [4.78, 5) is 9.37. The lowest BCUT2D eigenvalue weighted by Gasteiger charge is -2.14. The van der Waals surface area contributed by atoms with Gasteiger partial charge in [0.25, 0.3) is 0 Å². The van der Waals surface area contributed by atoms with Crippen molar-refractivity contribution in [3.63, 3.8) is 0 Å². The van der Waals surface area contributed by atoms with E-state index in [9.17, 15) is 4.79 Å². The van der Waals surface area contributed by atoms with Crippen molar-refractivity contribution >= 4 is 6.09 Å². The van der Waals surface area contributed by atoms with Crippen molar-refractivity contribution < 1.29 is 14.3 Å². The largest absolute Gasteiger partial charge is 0.453 e. The molecule has 68 valence electrons. The number of carbonyl (C=O) groups excluding carboxylic acids is 1. The summed E-state index contributed by atoms with van der Waals surface area (Å²) in [6.45, 7) is 6.06. The Hall–Kier alpha value is -0.770. The van der Waals surface area contributed by atoms with Gasteiger partial charge in [-0.2, -0.15) is 0 Å². The molecule has 0 bridgehead atoms. The Balaban J connectivity index is 0. The fourth-order valence-corrected chi connectivity index (χ4v) is 0. The van der Waals surface area contributed by atoms with Crippen LogP contribution >= 0.6 is 0 Å². The van der Waals surface area contributed by atoms with E-state index in [0.29, 0.717) is 0 Å². The molecule has 2 N–H and O–H groups in total. The highest BCUT2D eigenvalue weighted by Gasteiger charge is 2.03. The monoisotopic (exact) mass is 163 g/mol. The Morgan fingerprint density at radius 3 is 1.45 bits per heavy atom. The number of carbonyl (C=O) groups is 1. The SMILES string of the molecule is COC(C)(C)C.COC(N)=O. The van der Waals surface area contributed by atoms with Gasteiger partial charge in [0.15, 0.2) is 0 Å². The first-order chi connectivity index (χ1) is 4.83. The van der Waals surface area contributed by atoms with Crippen molar-refractivity contribution in [2.45, 2.75) is 26.4 Å². The molecule has 0 heterocycles. The van der Waals surface area contributed by atoms with Gasteiger partial charge in [0.05, 0.1) is 12.7 Å². The Morgan fingerprint density at radius 2 is 1.45 bits per heavy atom. The van der Waals surface area contributed by atoms with E-state index in [0.717, 1.165) is 0 Å². The number of hydrogen-bond donors (Lipinski definition) is 1. The molecule has 0 aliphatic carbocycles. The van der Waals surface area contributed by atoms with Crippen LogP contribution in [0.3, 0.4) is 0 Å². The molecule has 0 rings (SSSR count). The summed E-state index contributed by atoms with van der Waals surface area (Å²) in [7, 11) is 2.93. The maximum absolute atomic E-state index is 9.37. The van der Waals surface area contributed by atoms with Crippen LogP contribution in [0, 0.1) is 0 Å². The number of nitrogens with two attached hydrogens (primary N) is 1. The Morgan fingerprint density at radius 1 is 1.27 bits per heavy atom. The van der Waals surface area contributed by atoms with Crippen molar-refractivity contribution in [1.29, 1.82) is 0 Å². The molecule has 0 fully saturated rings. The number of methoxy groups -OCH3 is 2. The minimum Gasteiger partial charge on any atom is -0.453 e. The Labute approximate surface area is 67.7 Å². The van der Waals surface area contributed by atoms with Crippen molar-refractivity contribution in [3.8, 4) is 0 Å². The number of hydrogen-bond acceptors (Lipinski definition) is 3. The fourth-order valence-electron chi connectivity index (χ4n) is 0. The van der Waals surface area contributed by atoms with E-state index in [1.807, 2.05) is 20.8 Å². The highest BCUT2D eigenvalue weighted by Crippen LogP contribution is 2.02. The van der Waals surface area contributed by atoms with Gasteiger partial charge in [-0.05, 0) is 20.8 Å². The van der Waals surface area contributed by atoms with Gasteiger partial charge in [-0.3, -0.25) is 0 Å². The lowest BCUT2D eigenvalue weighted by molar-refractivity contribution is 0.0397. The molecule has 0 spiro atoms. The van der Waals surface area contributed by atoms with E-state index >= 15 is 0 Å². The van der Waals surface area contributed by atoms with Crippen LogP contribution in [-0.4, -0.2) is 25.9 Å². The van der Waals surface area contributed by atoms with E-state index in [-0.39, 0.29) is 5.60 Å². The molecule has 0 aliphatic heterocycles. The van der Waals surface area contributed by atoms with Gasteiger partial charge in [-0.1, -0.05) is 0 Å². The van der Waals surface area contributed by atoms with Crippen LogP contribution in [0.4, 0.5) is 4.79 Å². The van der Waals surface area contributed by atoms with Gasteiger partial charge in [-0.25, -0.2) is 4.79 Å². The smallest absolute Gasteiger partial charge is 0.404 e. The molecule has 0 unspecified atom stereocenters. The molecule has 0 aromatic carbocycles. The second-order valence-corrected chi connectivity index (χ2v) is 2.84. The van der Waals surface area contributed by atoms with E-state index in [4.69, 9.17) is 4.74 Å². The lowest BCUT2D eigenvalue weighted by atomic mass is 10.2. The molecule has 0 radical (unpaired) electrons. The maximum atomic E-state index is 9.37. The molecule has 4 nitrogen and oxygen atoms in total. The van der Waals surface area contributed by atoms with Crippen molar-refractivity contribution in [3.05, 3.63) is 0 Å². The molecule has 11 heavy (non-hydrogen) atoms. The van der Waals surface area contributed by atoms with Crippen molar-refractivity contribution in [2.24, 2.45) is 5.73 Å². The van der Waals surface area contributed by atoms with Gasteiger partial charge < -0.3 is 15.2 Å². The van der Waals surface area contributed by atoms with Crippen LogP contribution in [0.2, 0.25) is 0 Å². The van der Waals surface area contributed by atoms with E-state index in [1.54, 1.807) is 7.11 Å². The second kappa shape index (κ2) is 5.97. The van der Waals surface area contributed by atoms with Crippen molar-refractivity contribution in [1.82, 2.24) is 0 Å². The number of amides is 1. The predicted molar refractivity (Wildman–Crippen MR) is 43.4 cm³/mol. The Kier molecular flexibility index (Phi) is 6.99. The molecule has 0 aromatic heterocycles. The van der Waals surface area contributed by atoms with Gasteiger partial charge >= 0.3 is 6.09 Å². The minimum absolute atomic E-state index is 0.0417. The van der Waals surface area contributed by atoms with E-state index in [2.05, 4.69) is 10.5 Å². The van der Waals surface area contributed by atoms with Gasteiger partial charge in [0, 0.05) is 7.11 Å². The standard InChI is InChI=1S/C5H12O.C2H5NO2/c1-5(2,3)6-4;1-5-2(3)4/h1-4H3;1H3,(H2,3,4). The molecule has 0 saturated heterocycles. The Bertz CT molecular complexity index is 107. The molecule has 0 aliphatic rings. The van der Waals surface area contributed by atoms with Crippen LogP contribution in [-0.2, 0) is 9.47 Å². The first kappa shape index (κ1) is 12.9. The number of rotatable bonds is 0. The quantitative estimate of drug-likeness (QED) is 0.582. The summed E-state index contributed by atoms with van der Waals surface area (Å²) in [5.41, 5.74) is 4.47. The highest BCUT2D eigenvalue weighted by atomic mass is 16.5. The zero-order chi connectivity index (χ0) is 9.49. The van der Waals surface area contributed by atoms with E-state index in [1.165, 1.54) is 7.11 Å². The molecule has 0 saturated carbocycles. The van der Waals surface area contributed by atoms with Crippen molar-refractivity contribution in [2.75, 3.05) is 14.2 Å². The molecule has 0 atom stereocenters. The van der Waals surface area contributed by atoms with Crippen LogP contribution in [0.25, 0.3) is 0 Å². The predicted octanol–water partition coefficient (Wildman–Crippen LogP) is 1.14. The van der Waals surface area contributed by atoms with Crippen LogP contribution in [0.5, 0.6) is 0 Å². The molecular formula is C7H17NO3. The van der Waals surface area contributed by atoms with Gasteiger partial charge in [0.1, 0.15) is 0 Å². The maximum Gasteiger partial charge on any atom is 0.404 e. The van der Waals surface area contributed by atoms with Gasteiger partial charge in [0.2, 0.25) is 0 Å². The zero-order valence-electron chi connectivity index (χ0n) is 7.80. The molecule has 0 aromatic rings. The van der Waals surface area contributed by atoms with Crippen LogP contribution in [0.1, 0.15) is 20.8 Å². The van der Waals surface area contributed by atoms with Gasteiger partial charge in [-0.15, -0.1) is 0 Å². The summed E-state index contributed by atoms with van der Waals surface area (Å²) in [6.07, 6.45) is -0.745. The number of ether oxygens (including phenoxy) is 2. The topological polar surface area (TPSA) is 61.6 Å². The third-order valence-corrected chi connectivity index (χ3v) is 0.814. The summed E-state index contributed by atoms with van der Waals surface area (Å²) in [6, 6.07) is 0. The minimum atomic E-state index is -0.745. The third kappa shape index (κ3) is 27.0. The highest BCUT2D eigenvalue weighted by molar-refractivity contribution is 5.64. The third-order valence-electron chi connectivity index (χ3n) is 0.814. The normalized spacial score (nSPS) is 9.55. The fraction of sp³-hybridized carbons (Fsp3) is 0.857. The summed E-state index contributed by atoms with van der Waals surface area (Å²) < 4.78 is 8.83. The summed E-state index contributed by atoms with van der Waals surface area (Å²) in [5.74, 6) is 0. The number of primary amides is 1. The first-order valence-corrected chi connectivity index (χ1v) is 3.22. The van der Waals surface area contributed by atoms with Crippen LogP contribution < -0.4 is 5.73 Å². The molecular weight excluding hydrogens is 146 g/mol. The molecule has 4 heteroatoms. The lowest BCUT2D eigenvalue weighted by Crippen LogP contribution is -2.15. The summed E-state index contributed by atoms with van der Waals surface area (Å²) in [5, 5.41) is 0. The second-order valence-electron chi connectivity index (χ2n) is 2.84. The summed E-state index contributed by atoms with van der Waals surface area (Å²) >= 11 is 0. The average Bonchev–Trinajstić information content (AvgIpc) is 1.88. The van der Waals surface area contributed by atoms with E-state index < -0.39 is 6.09 Å².